The Morgan fingerprint density at radius 3 is 2.73 bits per heavy atom. The first-order valence-corrected chi connectivity index (χ1v) is 4.49. The molecule has 0 fully saturated rings. The van der Waals surface area contributed by atoms with Crippen LogP contribution in [0.2, 0.25) is 0 Å². The average molecular weight is 212 g/mol. The van der Waals surface area contributed by atoms with Crippen LogP contribution < -0.4 is 10.2 Å². The van der Waals surface area contributed by atoms with Crippen LogP contribution in [-0.4, -0.2) is 11.1 Å². The largest absolute Gasteiger partial charge is 0.463 e. The Morgan fingerprint density at radius 1 is 1.60 bits per heavy atom. The van der Waals surface area contributed by atoms with Crippen molar-refractivity contribution in [1.29, 1.82) is 0 Å². The third-order valence-corrected chi connectivity index (χ3v) is 1.69. The molecule has 0 atom stereocenters. The molecule has 0 radical (unpaired) electrons. The average Bonchev–Trinajstić information content (AvgIpc) is 2.20. The quantitative estimate of drug-likeness (QED) is 0.746. The Bertz CT molecular complexity index is 405. The molecule has 0 aromatic carbocycles. The summed E-state index contributed by atoms with van der Waals surface area (Å²) in [6.07, 6.45) is 1.02. The molecule has 82 valence electrons. The van der Waals surface area contributed by atoms with E-state index in [0.29, 0.717) is 0 Å². The van der Waals surface area contributed by atoms with Crippen molar-refractivity contribution in [3.05, 3.63) is 28.3 Å². The Labute approximate surface area is 86.3 Å². The third kappa shape index (κ3) is 2.92. The van der Waals surface area contributed by atoms with Crippen LogP contribution in [0.25, 0.3) is 0 Å². The first kappa shape index (κ1) is 11.5. The molecule has 0 saturated carbocycles. The molecule has 0 aliphatic carbocycles. The summed E-state index contributed by atoms with van der Waals surface area (Å²) in [7, 11) is 0. The van der Waals surface area contributed by atoms with Crippen molar-refractivity contribution in [3.8, 4) is 5.75 Å². The van der Waals surface area contributed by atoms with Gasteiger partial charge < -0.3 is 14.3 Å². The Hall–Kier alpha value is -1.62. The third-order valence-electron chi connectivity index (χ3n) is 1.69. The molecule has 0 aliphatic heterocycles. The summed E-state index contributed by atoms with van der Waals surface area (Å²) in [5.74, 6) is -0.851. The molecule has 1 heterocycles. The molecule has 5 heteroatoms. The number of rotatable bonds is 3. The van der Waals surface area contributed by atoms with Crippen molar-refractivity contribution >= 4 is 5.97 Å². The van der Waals surface area contributed by atoms with Crippen LogP contribution in [0.15, 0.2) is 21.5 Å². The maximum absolute atomic E-state index is 11.3. The summed E-state index contributed by atoms with van der Waals surface area (Å²) in [5.41, 5.74) is -0.487. The van der Waals surface area contributed by atoms with Gasteiger partial charge in [-0.2, -0.15) is 0 Å². The molecule has 1 aromatic rings. The summed E-state index contributed by atoms with van der Waals surface area (Å²) in [6.45, 7) is 2.95. The highest BCUT2D eigenvalue weighted by Gasteiger charge is 2.12. The Morgan fingerprint density at radius 2 is 2.27 bits per heavy atom. The lowest BCUT2D eigenvalue weighted by atomic mass is 10.2. The molecule has 0 unspecified atom stereocenters. The standard InChI is InChI=1S/C10H12O5/c1-6(2)10(13)15-9-5-14-7(4-11)3-8(9)12/h3,5-6,11H,4H2,1-2H3. The lowest BCUT2D eigenvalue weighted by molar-refractivity contribution is -0.137. The van der Waals surface area contributed by atoms with Gasteiger partial charge in [-0.05, 0) is 0 Å². The molecule has 1 N–H and O–H groups in total. The van der Waals surface area contributed by atoms with Gasteiger partial charge in [0, 0.05) is 6.07 Å². The highest BCUT2D eigenvalue weighted by Crippen LogP contribution is 2.08. The number of aliphatic hydroxyl groups is 1. The first-order chi connectivity index (χ1) is 7.04. The molecule has 1 aromatic heterocycles. The summed E-state index contributed by atoms with van der Waals surface area (Å²) >= 11 is 0. The second-order valence-corrected chi connectivity index (χ2v) is 3.31. The fourth-order valence-corrected chi connectivity index (χ4v) is 0.822. The predicted octanol–water partition coefficient (Wildman–Crippen LogP) is 0.694. The zero-order valence-corrected chi connectivity index (χ0v) is 8.52. The maximum Gasteiger partial charge on any atom is 0.314 e. The fraction of sp³-hybridized carbons (Fsp3) is 0.400. The minimum atomic E-state index is -0.501. The molecule has 15 heavy (non-hydrogen) atoms. The zero-order valence-electron chi connectivity index (χ0n) is 8.52. The SMILES string of the molecule is CC(C)C(=O)Oc1coc(CO)cc1=O. The lowest BCUT2D eigenvalue weighted by Crippen LogP contribution is -2.19. The van der Waals surface area contributed by atoms with Crippen LogP contribution in [-0.2, 0) is 11.4 Å². The van der Waals surface area contributed by atoms with Crippen LogP contribution in [0.5, 0.6) is 5.75 Å². The number of hydrogen-bond acceptors (Lipinski definition) is 5. The van der Waals surface area contributed by atoms with Gasteiger partial charge in [-0.3, -0.25) is 9.59 Å². The number of carbonyl (C=O) groups is 1. The van der Waals surface area contributed by atoms with E-state index < -0.39 is 11.4 Å². The number of aliphatic hydroxyl groups excluding tert-OH is 1. The molecule has 0 bridgehead atoms. The highest BCUT2D eigenvalue weighted by molar-refractivity contribution is 5.74. The topological polar surface area (TPSA) is 76.7 Å². The lowest BCUT2D eigenvalue weighted by Gasteiger charge is -2.05. The summed E-state index contributed by atoms with van der Waals surface area (Å²) in [5, 5.41) is 8.68. The van der Waals surface area contributed by atoms with Crippen LogP contribution in [0.4, 0.5) is 0 Å². The Balaban J connectivity index is 2.88. The van der Waals surface area contributed by atoms with Crippen LogP contribution in [0.3, 0.4) is 0 Å². The van der Waals surface area contributed by atoms with E-state index in [2.05, 4.69) is 0 Å². The summed E-state index contributed by atoms with van der Waals surface area (Å²) in [6, 6.07) is 1.09. The van der Waals surface area contributed by atoms with Gasteiger partial charge in [0.1, 0.15) is 18.6 Å². The van der Waals surface area contributed by atoms with Gasteiger partial charge in [-0.15, -0.1) is 0 Å². The van der Waals surface area contributed by atoms with Gasteiger partial charge in [0.2, 0.25) is 11.2 Å². The van der Waals surface area contributed by atoms with Crippen LogP contribution in [0, 0.1) is 5.92 Å². The number of hydrogen-bond donors (Lipinski definition) is 1. The van der Waals surface area contributed by atoms with Gasteiger partial charge in [-0.25, -0.2) is 0 Å². The molecule has 0 spiro atoms. The van der Waals surface area contributed by atoms with Gasteiger partial charge in [0.15, 0.2) is 0 Å². The number of esters is 1. The van der Waals surface area contributed by atoms with Crippen LogP contribution >= 0.6 is 0 Å². The van der Waals surface area contributed by atoms with E-state index in [-0.39, 0.29) is 24.0 Å². The number of carbonyl (C=O) groups excluding carboxylic acids is 1. The monoisotopic (exact) mass is 212 g/mol. The van der Waals surface area contributed by atoms with Crippen molar-refractivity contribution in [2.45, 2.75) is 20.5 Å². The molecule has 1 rings (SSSR count). The van der Waals surface area contributed by atoms with Gasteiger partial charge in [-0.1, -0.05) is 13.8 Å². The van der Waals surface area contributed by atoms with Crippen molar-refractivity contribution in [2.24, 2.45) is 5.92 Å². The molecule has 0 saturated heterocycles. The second-order valence-electron chi connectivity index (χ2n) is 3.31. The van der Waals surface area contributed by atoms with E-state index in [1.807, 2.05) is 0 Å². The minimum Gasteiger partial charge on any atom is -0.463 e. The fourth-order valence-electron chi connectivity index (χ4n) is 0.822. The minimum absolute atomic E-state index is 0.129. The normalized spacial score (nSPS) is 10.4. The highest BCUT2D eigenvalue weighted by atomic mass is 16.5. The number of ether oxygens (including phenoxy) is 1. The molecule has 0 aliphatic rings. The van der Waals surface area contributed by atoms with E-state index in [1.165, 1.54) is 0 Å². The van der Waals surface area contributed by atoms with Crippen LogP contribution in [0.1, 0.15) is 19.6 Å². The van der Waals surface area contributed by atoms with Crippen molar-refractivity contribution < 1.29 is 19.1 Å². The van der Waals surface area contributed by atoms with Crippen molar-refractivity contribution in [1.82, 2.24) is 0 Å². The molecular weight excluding hydrogens is 200 g/mol. The van der Waals surface area contributed by atoms with Crippen molar-refractivity contribution in [2.75, 3.05) is 0 Å². The molecular formula is C10H12O5. The van der Waals surface area contributed by atoms with E-state index in [1.54, 1.807) is 13.8 Å². The second kappa shape index (κ2) is 4.75. The first-order valence-electron chi connectivity index (χ1n) is 4.49. The summed E-state index contributed by atoms with van der Waals surface area (Å²) in [4.78, 5) is 22.5. The van der Waals surface area contributed by atoms with E-state index >= 15 is 0 Å². The van der Waals surface area contributed by atoms with Gasteiger partial charge >= 0.3 is 5.97 Å². The van der Waals surface area contributed by atoms with Gasteiger partial charge in [0.05, 0.1) is 5.92 Å². The van der Waals surface area contributed by atoms with Gasteiger partial charge in [0.25, 0.3) is 0 Å². The predicted molar refractivity (Wildman–Crippen MR) is 51.4 cm³/mol. The molecule has 0 amide bonds. The molecule has 5 nitrogen and oxygen atoms in total. The maximum atomic E-state index is 11.3. The van der Waals surface area contributed by atoms with E-state index in [4.69, 9.17) is 14.3 Å². The Kier molecular flexibility index (Phi) is 3.62. The summed E-state index contributed by atoms with van der Waals surface area (Å²) < 4.78 is 9.62. The van der Waals surface area contributed by atoms with E-state index in [0.717, 1.165) is 12.3 Å². The van der Waals surface area contributed by atoms with E-state index in [9.17, 15) is 9.59 Å². The zero-order chi connectivity index (χ0) is 11.4. The van der Waals surface area contributed by atoms with Crippen molar-refractivity contribution in [3.63, 3.8) is 0 Å². The smallest absolute Gasteiger partial charge is 0.314 e.